The molecule has 0 atom stereocenters. The lowest BCUT2D eigenvalue weighted by Crippen LogP contribution is -2.39. The highest BCUT2D eigenvalue weighted by atomic mass is 19.3. The van der Waals surface area contributed by atoms with Gasteiger partial charge in [-0.25, -0.2) is 33.1 Å². The van der Waals surface area contributed by atoms with Gasteiger partial charge in [0.2, 0.25) is 0 Å². The summed E-state index contributed by atoms with van der Waals surface area (Å²) in [5.74, 6) is -4.83. The molecule has 0 unspecified atom stereocenters. The zero-order valence-electron chi connectivity index (χ0n) is 38.4. The largest absolute Gasteiger partial charge is 0.388 e. The number of hydrogen-bond acceptors (Lipinski definition) is 11. The maximum absolute atomic E-state index is 13.9. The number of fused-ring (bicyclic) bond motifs is 2. The number of amides is 2. The lowest BCUT2D eigenvalue weighted by Gasteiger charge is -2.30. The Morgan fingerprint density at radius 1 is 0.779 bits per heavy atom. The first-order valence-corrected chi connectivity index (χ1v) is 22.5. The second-order valence-electron chi connectivity index (χ2n) is 16.8. The van der Waals surface area contributed by atoms with Gasteiger partial charge in [0.05, 0.1) is 0 Å². The number of allylic oxidation sites excluding steroid dienone is 2. The van der Waals surface area contributed by atoms with Crippen molar-refractivity contribution in [2.45, 2.75) is 63.0 Å². The monoisotopic (exact) mass is 927 g/mol. The summed E-state index contributed by atoms with van der Waals surface area (Å²) in [6.45, 7) is 5.52. The Balaban J connectivity index is 0.000000215. The average Bonchev–Trinajstić information content (AvgIpc) is 3.36. The van der Waals surface area contributed by atoms with Crippen LogP contribution in [0.3, 0.4) is 0 Å². The van der Waals surface area contributed by atoms with Crippen molar-refractivity contribution in [2.75, 3.05) is 44.9 Å². The van der Waals surface area contributed by atoms with Crippen LogP contribution in [0.15, 0.2) is 122 Å². The molecule has 0 spiro atoms. The van der Waals surface area contributed by atoms with E-state index in [4.69, 9.17) is 0 Å². The summed E-state index contributed by atoms with van der Waals surface area (Å²) in [4.78, 5) is 65.4. The molecule has 2 aromatic heterocycles. The van der Waals surface area contributed by atoms with Crippen molar-refractivity contribution < 1.29 is 32.3 Å². The predicted octanol–water partition coefficient (Wildman–Crippen LogP) is 9.24. The van der Waals surface area contributed by atoms with Gasteiger partial charge in [0, 0.05) is 71.2 Å². The van der Waals surface area contributed by atoms with Crippen LogP contribution in [0.1, 0.15) is 65.9 Å². The first-order chi connectivity index (χ1) is 32.8. The van der Waals surface area contributed by atoms with Crippen molar-refractivity contribution in [2.24, 2.45) is 5.92 Å². The molecule has 6 aromatic rings. The smallest absolute Gasteiger partial charge is 0.283 e. The number of nitrogens with one attached hydrogen (secondary N) is 4. The highest BCUT2D eigenvalue weighted by molar-refractivity contribution is 6.08. The van der Waals surface area contributed by atoms with Gasteiger partial charge in [0.15, 0.2) is 23.8 Å². The van der Waals surface area contributed by atoms with Gasteiger partial charge in [0.1, 0.15) is 17.7 Å². The summed E-state index contributed by atoms with van der Waals surface area (Å²) in [7, 11) is 6.13. The van der Waals surface area contributed by atoms with Crippen molar-refractivity contribution in [1.29, 1.82) is 0 Å². The zero-order valence-corrected chi connectivity index (χ0v) is 38.4. The maximum atomic E-state index is 13.9. The third-order valence-corrected chi connectivity index (χ3v) is 12.0. The highest BCUT2D eigenvalue weighted by Crippen LogP contribution is 2.35. The van der Waals surface area contributed by atoms with Crippen LogP contribution in [-0.4, -0.2) is 101 Å². The lowest BCUT2D eigenvalue weighted by molar-refractivity contribution is -0.114. The summed E-state index contributed by atoms with van der Waals surface area (Å²) in [5, 5.41) is 15.6. The second-order valence-corrected chi connectivity index (χ2v) is 16.8. The van der Waals surface area contributed by atoms with Gasteiger partial charge < -0.3 is 26.2 Å². The molecule has 0 bridgehead atoms. The normalized spacial score (nSPS) is 16.4. The van der Waals surface area contributed by atoms with Crippen LogP contribution in [0.5, 0.6) is 0 Å². The van der Waals surface area contributed by atoms with Crippen LogP contribution in [0, 0.1) is 5.92 Å². The van der Waals surface area contributed by atoms with E-state index in [0.29, 0.717) is 66.2 Å². The molecule has 68 heavy (non-hydrogen) atoms. The molecule has 1 aliphatic carbocycles. The van der Waals surface area contributed by atoms with Crippen LogP contribution >= 0.6 is 0 Å². The zero-order chi connectivity index (χ0) is 48.6. The van der Waals surface area contributed by atoms with Gasteiger partial charge in [-0.1, -0.05) is 55.1 Å². The Bertz CT molecular complexity index is 2750. The number of hydrogen-bond donors (Lipinski definition) is 4. The Morgan fingerprint density at radius 2 is 1.38 bits per heavy atom. The van der Waals surface area contributed by atoms with E-state index in [1.807, 2.05) is 43.4 Å². The maximum Gasteiger partial charge on any atom is 0.283 e. The van der Waals surface area contributed by atoms with Crippen molar-refractivity contribution in [3.8, 4) is 22.8 Å². The van der Waals surface area contributed by atoms with Crippen molar-refractivity contribution in [1.82, 2.24) is 35.5 Å². The summed E-state index contributed by atoms with van der Waals surface area (Å²) in [6.07, 6.45) is 10.1. The van der Waals surface area contributed by atoms with E-state index in [2.05, 4.69) is 72.8 Å². The number of anilines is 2. The van der Waals surface area contributed by atoms with E-state index >= 15 is 0 Å². The highest BCUT2D eigenvalue weighted by Gasteiger charge is 2.32. The Morgan fingerprint density at radius 3 is 1.97 bits per heavy atom. The van der Waals surface area contributed by atoms with Gasteiger partial charge in [0.25, 0.3) is 17.7 Å². The number of rotatable bonds is 13. The van der Waals surface area contributed by atoms with Gasteiger partial charge in [-0.3, -0.25) is 19.2 Å². The molecule has 2 fully saturated rings. The molecule has 0 radical (unpaired) electrons. The summed E-state index contributed by atoms with van der Waals surface area (Å²) in [6, 6.07) is 26.3. The van der Waals surface area contributed by atoms with Crippen molar-refractivity contribution in [3.05, 3.63) is 133 Å². The van der Waals surface area contributed by atoms with Crippen LogP contribution in [0.4, 0.5) is 24.5 Å². The third kappa shape index (κ3) is 13.9. The average molecular weight is 928 g/mol. The fourth-order valence-corrected chi connectivity index (χ4v) is 8.24. The molecule has 2 amide bonds. The van der Waals surface area contributed by atoms with E-state index in [-0.39, 0.29) is 29.9 Å². The van der Waals surface area contributed by atoms with Crippen LogP contribution in [-0.2, 0) is 9.59 Å². The number of nitrogens with zero attached hydrogens (tertiary/aromatic N) is 5. The summed E-state index contributed by atoms with van der Waals surface area (Å²) < 4.78 is 41.1. The van der Waals surface area contributed by atoms with Crippen LogP contribution < -0.4 is 21.3 Å². The quantitative estimate of drug-likeness (QED) is 0.0643. The van der Waals surface area contributed by atoms with E-state index in [1.165, 1.54) is 38.2 Å². The number of aldehydes is 2. The standard InChI is InChI=1S/C29H27F3N4O3.C16H13N3O.C7H16N2/c1-18(30)27(38)36-24-5-2-4-20-8-9-21(16-23(20)24)26-33-14-12-25(35-26)28(39)34-22-10-6-19(7-11-22)17-29(31,32)13-3-15-37;1-17-15-4-2-3-11-5-6-12(9-14(11)15)16-18-8-7-13(10-20)19-16;1-8-7-3-5-9(2)6-4-7/h2-5,8-9,12-16,19,22H,1,6-7,10-11,17H2,(H,34,39)(H,36,38);2-10,17H,1H3;7-8H,3-6H2,1-2H3/b13-3+;;. The molecule has 4 aromatic carbocycles. The van der Waals surface area contributed by atoms with Gasteiger partial charge in [-0.2, -0.15) is 0 Å². The minimum atomic E-state index is -3.03. The number of piperidine rings is 1. The number of likely N-dealkylation sites (tertiary alicyclic amines) is 1. The van der Waals surface area contributed by atoms with E-state index in [1.54, 1.807) is 42.6 Å². The summed E-state index contributed by atoms with van der Waals surface area (Å²) in [5.41, 5.74) is 3.46. The molecule has 4 N–H and O–H groups in total. The minimum Gasteiger partial charge on any atom is -0.388 e. The molecule has 13 nitrogen and oxygen atoms in total. The van der Waals surface area contributed by atoms with Crippen LogP contribution in [0.25, 0.3) is 44.3 Å². The number of halogens is 3. The first-order valence-electron chi connectivity index (χ1n) is 22.5. The molecule has 3 heterocycles. The summed E-state index contributed by atoms with van der Waals surface area (Å²) >= 11 is 0. The minimum absolute atomic E-state index is 0.156. The van der Waals surface area contributed by atoms with Crippen molar-refractivity contribution >= 4 is 57.3 Å². The molecule has 1 saturated heterocycles. The predicted molar refractivity (Wildman–Crippen MR) is 261 cm³/mol. The van der Waals surface area contributed by atoms with Gasteiger partial charge in [-0.05, 0) is 131 Å². The van der Waals surface area contributed by atoms with Crippen molar-refractivity contribution in [3.63, 3.8) is 0 Å². The van der Waals surface area contributed by atoms with E-state index in [0.717, 1.165) is 45.8 Å². The number of carbonyl (C=O) groups excluding carboxylic acids is 4. The fourth-order valence-electron chi connectivity index (χ4n) is 8.24. The molecular weight excluding hydrogens is 872 g/mol. The SMILES string of the molecule is C=C(F)C(=O)Nc1cccc2ccc(-c3nccc(C(=O)NC4CCC(CC(F)(F)/C=C/C=O)CC4)n3)cc12.CNC1CCN(C)CC1.CNc1cccc2ccc(-c3nccc(C=O)n3)cc12. The van der Waals surface area contributed by atoms with Crippen LogP contribution in [0.2, 0.25) is 0 Å². The van der Waals surface area contributed by atoms with Gasteiger partial charge >= 0.3 is 0 Å². The molecule has 1 aliphatic heterocycles. The number of alkyl halides is 2. The van der Waals surface area contributed by atoms with E-state index < -0.39 is 23.6 Å². The first kappa shape index (κ1) is 50.2. The fraction of sp³-hybridized carbons (Fsp3) is 0.308. The second kappa shape index (κ2) is 24.0. The molecule has 8 rings (SSSR count). The molecule has 2 aliphatic rings. The number of aromatic nitrogens is 4. The van der Waals surface area contributed by atoms with Gasteiger partial charge in [-0.15, -0.1) is 0 Å². The topological polar surface area (TPSA) is 171 Å². The third-order valence-electron chi connectivity index (χ3n) is 12.0. The molecular formula is C52H56F3N9O4. The molecule has 354 valence electrons. The Hall–Kier alpha value is -7.17. The Kier molecular flexibility index (Phi) is 17.8. The Labute approximate surface area is 393 Å². The molecule has 1 saturated carbocycles. The number of benzene rings is 4. The lowest BCUT2D eigenvalue weighted by atomic mass is 9.82. The number of carbonyl (C=O) groups is 4. The van der Waals surface area contributed by atoms with E-state index in [9.17, 15) is 32.3 Å². The molecule has 16 heteroatoms.